The average molecular weight is 440 g/mol. The molecule has 0 aliphatic carbocycles. The van der Waals surface area contributed by atoms with Crippen LogP contribution >= 0.6 is 0 Å². The van der Waals surface area contributed by atoms with Crippen LogP contribution in [0.1, 0.15) is 18.7 Å². The molecule has 0 bridgehead atoms. The van der Waals surface area contributed by atoms with Gasteiger partial charge in [-0.1, -0.05) is 29.5 Å². The Bertz CT molecular complexity index is 1250. The van der Waals surface area contributed by atoms with Crippen LogP contribution in [-0.4, -0.2) is 56.6 Å². The van der Waals surface area contributed by atoms with Gasteiger partial charge in [-0.25, -0.2) is 24.3 Å². The van der Waals surface area contributed by atoms with Crippen LogP contribution in [0.15, 0.2) is 73.3 Å². The molecule has 0 aliphatic heterocycles. The third-order valence-corrected chi connectivity index (χ3v) is 4.84. The largest absolute Gasteiger partial charge is 0.374 e. The molecule has 0 aromatic carbocycles. The monoisotopic (exact) mass is 440 g/mol. The number of hydrogen-bond acceptors (Lipinski definition) is 9. The van der Waals surface area contributed by atoms with Crippen molar-refractivity contribution in [2.24, 2.45) is 0 Å². The standard InChI is InChI=1S/C22H20N10O/c1-2-23-22(33)15-11-16(18-13-31(29-27-18)20-7-3-5-9-24-20)26-17(12-15)19-14-32(30-28-19)21-8-4-6-10-25-21/h3-14,22-23,33H,2H2,1H3. The minimum Gasteiger partial charge on any atom is -0.374 e. The Kier molecular flexibility index (Phi) is 5.62. The molecule has 0 saturated carbocycles. The molecule has 164 valence electrons. The molecule has 11 heteroatoms. The number of aliphatic hydroxyl groups excluding tert-OH is 1. The van der Waals surface area contributed by atoms with Gasteiger partial charge in [0.2, 0.25) is 0 Å². The van der Waals surface area contributed by atoms with E-state index < -0.39 is 6.23 Å². The molecule has 5 aromatic rings. The normalized spacial score (nSPS) is 12.1. The molecule has 0 spiro atoms. The number of aliphatic hydroxyl groups is 1. The van der Waals surface area contributed by atoms with Crippen LogP contribution in [0.25, 0.3) is 34.4 Å². The summed E-state index contributed by atoms with van der Waals surface area (Å²) in [6, 6.07) is 14.6. The van der Waals surface area contributed by atoms with E-state index in [1.807, 2.05) is 43.3 Å². The zero-order chi connectivity index (χ0) is 22.6. The Balaban J connectivity index is 1.55. The number of nitrogens with one attached hydrogen (secondary N) is 1. The Labute approximate surface area is 188 Å². The highest BCUT2D eigenvalue weighted by atomic mass is 16.3. The van der Waals surface area contributed by atoms with E-state index >= 15 is 0 Å². The average Bonchev–Trinajstić information content (AvgIpc) is 3.56. The summed E-state index contributed by atoms with van der Waals surface area (Å²) < 4.78 is 3.14. The summed E-state index contributed by atoms with van der Waals surface area (Å²) >= 11 is 0. The van der Waals surface area contributed by atoms with E-state index in [1.165, 1.54) is 0 Å². The van der Waals surface area contributed by atoms with Gasteiger partial charge in [-0.05, 0) is 48.5 Å². The highest BCUT2D eigenvalue weighted by Gasteiger charge is 2.17. The topological polar surface area (TPSA) is 132 Å². The summed E-state index contributed by atoms with van der Waals surface area (Å²) in [6.07, 6.45) is 5.97. The molecular formula is C22H20N10O. The van der Waals surface area contributed by atoms with Gasteiger partial charge >= 0.3 is 0 Å². The van der Waals surface area contributed by atoms with Crippen LogP contribution in [-0.2, 0) is 0 Å². The third-order valence-electron chi connectivity index (χ3n) is 4.84. The Hall–Kier alpha value is -4.35. The minimum atomic E-state index is -0.882. The fraction of sp³-hybridized carbons (Fsp3) is 0.136. The van der Waals surface area contributed by atoms with Crippen molar-refractivity contribution < 1.29 is 5.11 Å². The van der Waals surface area contributed by atoms with Gasteiger partial charge in [0.15, 0.2) is 11.6 Å². The first-order valence-electron chi connectivity index (χ1n) is 10.3. The second-order valence-corrected chi connectivity index (χ2v) is 7.10. The summed E-state index contributed by atoms with van der Waals surface area (Å²) in [4.78, 5) is 13.3. The maximum atomic E-state index is 10.6. The van der Waals surface area contributed by atoms with Gasteiger partial charge in [0, 0.05) is 12.4 Å². The summed E-state index contributed by atoms with van der Waals surface area (Å²) in [5.74, 6) is 1.28. The van der Waals surface area contributed by atoms with Crippen LogP contribution in [0, 0.1) is 0 Å². The molecule has 5 rings (SSSR count). The third kappa shape index (κ3) is 4.35. The second kappa shape index (κ2) is 9.02. The van der Waals surface area contributed by atoms with Crippen molar-refractivity contribution in [2.45, 2.75) is 13.2 Å². The van der Waals surface area contributed by atoms with E-state index in [9.17, 15) is 5.11 Å². The summed E-state index contributed by atoms with van der Waals surface area (Å²) in [5.41, 5.74) is 2.76. The van der Waals surface area contributed by atoms with Gasteiger partial charge in [-0.2, -0.15) is 0 Å². The van der Waals surface area contributed by atoms with Crippen LogP contribution in [0.4, 0.5) is 0 Å². The molecule has 0 aliphatic rings. The van der Waals surface area contributed by atoms with E-state index in [1.54, 1.807) is 46.3 Å². The smallest absolute Gasteiger partial charge is 0.155 e. The lowest BCUT2D eigenvalue weighted by molar-refractivity contribution is 0.142. The van der Waals surface area contributed by atoms with E-state index in [0.717, 1.165) is 0 Å². The van der Waals surface area contributed by atoms with Crippen molar-refractivity contribution in [2.75, 3.05) is 6.54 Å². The van der Waals surface area contributed by atoms with Gasteiger partial charge in [0.1, 0.15) is 17.6 Å². The lowest BCUT2D eigenvalue weighted by Gasteiger charge is -2.13. The molecule has 5 aromatic heterocycles. The van der Waals surface area contributed by atoms with E-state index in [4.69, 9.17) is 4.98 Å². The van der Waals surface area contributed by atoms with Crippen molar-refractivity contribution in [1.82, 2.24) is 50.3 Å². The lowest BCUT2D eigenvalue weighted by atomic mass is 10.1. The lowest BCUT2D eigenvalue weighted by Crippen LogP contribution is -2.20. The van der Waals surface area contributed by atoms with Gasteiger partial charge < -0.3 is 5.11 Å². The Morgan fingerprint density at radius 3 is 1.82 bits per heavy atom. The number of pyridine rings is 3. The summed E-state index contributed by atoms with van der Waals surface area (Å²) in [7, 11) is 0. The van der Waals surface area contributed by atoms with Gasteiger partial charge in [-0.3, -0.25) is 5.32 Å². The Morgan fingerprint density at radius 2 is 1.36 bits per heavy atom. The first-order chi connectivity index (χ1) is 16.2. The maximum Gasteiger partial charge on any atom is 0.155 e. The molecule has 0 saturated heterocycles. The molecule has 33 heavy (non-hydrogen) atoms. The number of nitrogens with zero attached hydrogens (tertiary/aromatic N) is 9. The summed E-state index contributed by atoms with van der Waals surface area (Å²) in [5, 5.41) is 30.4. The summed E-state index contributed by atoms with van der Waals surface area (Å²) in [6.45, 7) is 2.52. The van der Waals surface area contributed by atoms with E-state index in [0.29, 0.717) is 46.5 Å². The van der Waals surface area contributed by atoms with Gasteiger partial charge in [-0.15, -0.1) is 10.2 Å². The van der Waals surface area contributed by atoms with Gasteiger partial charge in [0.05, 0.1) is 23.8 Å². The van der Waals surface area contributed by atoms with Crippen LogP contribution < -0.4 is 5.32 Å². The fourth-order valence-electron chi connectivity index (χ4n) is 3.25. The molecule has 0 fully saturated rings. The molecule has 1 atom stereocenters. The maximum absolute atomic E-state index is 10.6. The molecule has 0 amide bonds. The second-order valence-electron chi connectivity index (χ2n) is 7.10. The quantitative estimate of drug-likeness (QED) is 0.364. The van der Waals surface area contributed by atoms with Crippen molar-refractivity contribution in [3.8, 4) is 34.4 Å². The van der Waals surface area contributed by atoms with Gasteiger partial charge in [0.25, 0.3) is 0 Å². The minimum absolute atomic E-state index is 0.532. The number of hydrogen-bond donors (Lipinski definition) is 2. The van der Waals surface area contributed by atoms with Crippen LogP contribution in [0.3, 0.4) is 0 Å². The first-order valence-corrected chi connectivity index (χ1v) is 10.3. The van der Waals surface area contributed by atoms with E-state index in [-0.39, 0.29) is 0 Å². The SMILES string of the molecule is CCNC(O)c1cc(-c2cn(-c3ccccn3)nn2)nc(-c2cn(-c3ccccn3)nn2)c1. The number of aromatic nitrogens is 9. The van der Waals surface area contributed by atoms with Crippen molar-refractivity contribution in [3.05, 3.63) is 78.9 Å². The molecule has 0 radical (unpaired) electrons. The first kappa shape index (κ1) is 20.5. The number of rotatable bonds is 7. The fourth-order valence-corrected chi connectivity index (χ4v) is 3.25. The van der Waals surface area contributed by atoms with Crippen LogP contribution in [0.5, 0.6) is 0 Å². The van der Waals surface area contributed by atoms with Crippen molar-refractivity contribution in [3.63, 3.8) is 0 Å². The Morgan fingerprint density at radius 1 is 0.818 bits per heavy atom. The molecular weight excluding hydrogens is 420 g/mol. The zero-order valence-electron chi connectivity index (χ0n) is 17.7. The molecule has 1 unspecified atom stereocenters. The zero-order valence-corrected chi connectivity index (χ0v) is 17.7. The van der Waals surface area contributed by atoms with Crippen molar-refractivity contribution >= 4 is 0 Å². The molecule has 11 nitrogen and oxygen atoms in total. The highest BCUT2D eigenvalue weighted by molar-refractivity contribution is 5.63. The predicted molar refractivity (Wildman–Crippen MR) is 119 cm³/mol. The molecule has 5 heterocycles. The highest BCUT2D eigenvalue weighted by Crippen LogP contribution is 2.25. The predicted octanol–water partition coefficient (Wildman–Crippen LogP) is 1.97. The molecule has 2 N–H and O–H groups in total. The van der Waals surface area contributed by atoms with Crippen LogP contribution in [0.2, 0.25) is 0 Å². The van der Waals surface area contributed by atoms with E-state index in [2.05, 4.69) is 35.9 Å². The van der Waals surface area contributed by atoms with Crippen molar-refractivity contribution in [1.29, 1.82) is 0 Å².